The van der Waals surface area contributed by atoms with E-state index < -0.39 is 6.61 Å². The van der Waals surface area contributed by atoms with Crippen LogP contribution in [-0.2, 0) is 11.2 Å². The zero-order valence-corrected chi connectivity index (χ0v) is 11.0. The number of amides is 1. The number of hydrogen-bond donors (Lipinski definition) is 1. The van der Waals surface area contributed by atoms with Gasteiger partial charge in [0, 0.05) is 13.0 Å². The predicted molar refractivity (Wildman–Crippen MR) is 69.3 cm³/mol. The standard InChI is InChI=1S/C14H19F2NO2/c1-2-3-4-13(18)17-10-9-11-5-7-12(8-6-11)19-14(15)16/h5-8,14H,2-4,9-10H2,1H3,(H,17,18). The third-order valence-electron chi connectivity index (χ3n) is 2.64. The van der Waals surface area contributed by atoms with Crippen LogP contribution < -0.4 is 10.1 Å². The van der Waals surface area contributed by atoms with E-state index in [4.69, 9.17) is 0 Å². The number of carbonyl (C=O) groups excluding carboxylic acids is 1. The number of carbonyl (C=O) groups is 1. The van der Waals surface area contributed by atoms with E-state index in [2.05, 4.69) is 10.1 Å². The molecule has 0 bridgehead atoms. The minimum absolute atomic E-state index is 0.0551. The molecule has 0 saturated heterocycles. The Labute approximate surface area is 112 Å². The van der Waals surface area contributed by atoms with Crippen LogP contribution in [0.25, 0.3) is 0 Å². The summed E-state index contributed by atoms with van der Waals surface area (Å²) in [6.45, 7) is -0.211. The molecule has 3 nitrogen and oxygen atoms in total. The van der Waals surface area contributed by atoms with Crippen LogP contribution in [0.5, 0.6) is 5.75 Å². The third-order valence-corrected chi connectivity index (χ3v) is 2.64. The van der Waals surface area contributed by atoms with Crippen LogP contribution in [0.15, 0.2) is 24.3 Å². The lowest BCUT2D eigenvalue weighted by atomic mass is 10.1. The summed E-state index contributed by atoms with van der Waals surface area (Å²) in [6, 6.07) is 6.44. The van der Waals surface area contributed by atoms with Gasteiger partial charge in [-0.15, -0.1) is 0 Å². The van der Waals surface area contributed by atoms with Crippen molar-refractivity contribution < 1.29 is 18.3 Å². The van der Waals surface area contributed by atoms with Crippen molar-refractivity contribution in [2.24, 2.45) is 0 Å². The van der Waals surface area contributed by atoms with Gasteiger partial charge in [0.25, 0.3) is 0 Å². The van der Waals surface area contributed by atoms with Crippen molar-refractivity contribution in [1.29, 1.82) is 0 Å². The summed E-state index contributed by atoms with van der Waals surface area (Å²) in [5.41, 5.74) is 0.970. The summed E-state index contributed by atoms with van der Waals surface area (Å²) in [5.74, 6) is 0.199. The number of hydrogen-bond acceptors (Lipinski definition) is 2. The number of halogens is 2. The van der Waals surface area contributed by atoms with Gasteiger partial charge in [-0.3, -0.25) is 4.79 Å². The fourth-order valence-corrected chi connectivity index (χ4v) is 1.61. The molecule has 0 aliphatic carbocycles. The van der Waals surface area contributed by atoms with E-state index in [-0.39, 0.29) is 11.7 Å². The van der Waals surface area contributed by atoms with Gasteiger partial charge in [0.1, 0.15) is 5.75 Å². The molecule has 1 rings (SSSR count). The molecule has 1 N–H and O–H groups in total. The molecule has 19 heavy (non-hydrogen) atoms. The maximum atomic E-state index is 11.9. The average Bonchev–Trinajstić information content (AvgIpc) is 2.38. The Morgan fingerprint density at radius 2 is 2.00 bits per heavy atom. The molecule has 5 heteroatoms. The smallest absolute Gasteiger partial charge is 0.387 e. The normalized spacial score (nSPS) is 10.5. The van der Waals surface area contributed by atoms with E-state index in [1.165, 1.54) is 12.1 Å². The fraction of sp³-hybridized carbons (Fsp3) is 0.500. The van der Waals surface area contributed by atoms with Gasteiger partial charge in [-0.1, -0.05) is 25.5 Å². The first-order chi connectivity index (χ1) is 9.11. The molecule has 106 valence electrons. The first-order valence-electron chi connectivity index (χ1n) is 6.42. The van der Waals surface area contributed by atoms with Crippen molar-refractivity contribution in [2.45, 2.75) is 39.2 Å². The lowest BCUT2D eigenvalue weighted by Gasteiger charge is -2.07. The number of unbranched alkanes of at least 4 members (excludes halogenated alkanes) is 1. The molecule has 0 heterocycles. The Hall–Kier alpha value is -1.65. The maximum absolute atomic E-state index is 11.9. The number of nitrogens with one attached hydrogen (secondary N) is 1. The molecule has 1 aromatic carbocycles. The second-order valence-corrected chi connectivity index (χ2v) is 4.23. The molecular weight excluding hydrogens is 252 g/mol. The second kappa shape index (κ2) is 8.45. The molecular formula is C14H19F2NO2. The maximum Gasteiger partial charge on any atom is 0.387 e. The van der Waals surface area contributed by atoms with Gasteiger partial charge >= 0.3 is 6.61 Å². The highest BCUT2D eigenvalue weighted by atomic mass is 19.3. The Balaban J connectivity index is 2.28. The van der Waals surface area contributed by atoms with E-state index in [9.17, 15) is 13.6 Å². The van der Waals surface area contributed by atoms with Gasteiger partial charge in [0.15, 0.2) is 0 Å². The minimum Gasteiger partial charge on any atom is -0.435 e. The molecule has 1 amide bonds. The zero-order valence-electron chi connectivity index (χ0n) is 11.0. The fourth-order valence-electron chi connectivity index (χ4n) is 1.61. The molecule has 0 aliphatic heterocycles. The minimum atomic E-state index is -2.80. The summed E-state index contributed by atoms with van der Waals surface area (Å²) >= 11 is 0. The summed E-state index contributed by atoms with van der Waals surface area (Å²) < 4.78 is 28.1. The first kappa shape index (κ1) is 15.4. The topological polar surface area (TPSA) is 38.3 Å². The molecule has 0 aliphatic rings. The number of alkyl halides is 2. The van der Waals surface area contributed by atoms with Crippen molar-refractivity contribution in [1.82, 2.24) is 5.32 Å². The SMILES string of the molecule is CCCCC(=O)NCCc1ccc(OC(F)F)cc1. The Kier molecular flexibility index (Phi) is 6.85. The largest absolute Gasteiger partial charge is 0.435 e. The lowest BCUT2D eigenvalue weighted by Crippen LogP contribution is -2.25. The van der Waals surface area contributed by atoms with Gasteiger partial charge in [0.2, 0.25) is 5.91 Å². The molecule has 0 atom stereocenters. The first-order valence-corrected chi connectivity index (χ1v) is 6.42. The highest BCUT2D eigenvalue weighted by Crippen LogP contribution is 2.14. The summed E-state index contributed by atoms with van der Waals surface area (Å²) in [7, 11) is 0. The highest BCUT2D eigenvalue weighted by molar-refractivity contribution is 5.75. The van der Waals surface area contributed by atoms with Gasteiger partial charge in [-0.2, -0.15) is 8.78 Å². The molecule has 1 aromatic rings. The Bertz CT molecular complexity index is 380. The van der Waals surface area contributed by atoms with E-state index in [1.54, 1.807) is 12.1 Å². The van der Waals surface area contributed by atoms with Crippen LogP contribution in [-0.4, -0.2) is 19.1 Å². The van der Waals surface area contributed by atoms with Crippen LogP contribution >= 0.6 is 0 Å². The second-order valence-electron chi connectivity index (χ2n) is 4.23. The van der Waals surface area contributed by atoms with Crippen molar-refractivity contribution in [3.63, 3.8) is 0 Å². The molecule has 0 radical (unpaired) electrons. The van der Waals surface area contributed by atoms with Crippen molar-refractivity contribution >= 4 is 5.91 Å². The summed E-state index contributed by atoms with van der Waals surface area (Å²) in [5, 5.41) is 2.82. The van der Waals surface area contributed by atoms with Gasteiger partial charge in [0.05, 0.1) is 0 Å². The van der Waals surface area contributed by atoms with Gasteiger partial charge in [-0.05, 0) is 30.5 Å². The van der Waals surface area contributed by atoms with E-state index >= 15 is 0 Å². The molecule has 0 saturated carbocycles. The molecule has 0 aromatic heterocycles. The van der Waals surface area contributed by atoms with Crippen LogP contribution in [0.3, 0.4) is 0 Å². The van der Waals surface area contributed by atoms with Crippen molar-refractivity contribution in [3.05, 3.63) is 29.8 Å². The van der Waals surface area contributed by atoms with E-state index in [1.807, 2.05) is 6.92 Å². The van der Waals surface area contributed by atoms with Gasteiger partial charge in [-0.25, -0.2) is 0 Å². The van der Waals surface area contributed by atoms with Crippen LogP contribution in [0.1, 0.15) is 31.7 Å². The van der Waals surface area contributed by atoms with Crippen molar-refractivity contribution in [3.8, 4) is 5.75 Å². The molecule has 0 fully saturated rings. The summed E-state index contributed by atoms with van der Waals surface area (Å²) in [6.07, 6.45) is 3.12. The van der Waals surface area contributed by atoms with E-state index in [0.717, 1.165) is 18.4 Å². The monoisotopic (exact) mass is 271 g/mol. The molecule has 0 spiro atoms. The Morgan fingerprint density at radius 1 is 1.32 bits per heavy atom. The van der Waals surface area contributed by atoms with Crippen LogP contribution in [0.2, 0.25) is 0 Å². The van der Waals surface area contributed by atoms with Crippen LogP contribution in [0.4, 0.5) is 8.78 Å². The number of ether oxygens (including phenoxy) is 1. The van der Waals surface area contributed by atoms with Crippen LogP contribution in [0, 0.1) is 0 Å². The summed E-state index contributed by atoms with van der Waals surface area (Å²) in [4.78, 5) is 11.4. The molecule has 0 unspecified atom stereocenters. The zero-order chi connectivity index (χ0) is 14.1. The average molecular weight is 271 g/mol. The number of rotatable bonds is 8. The van der Waals surface area contributed by atoms with E-state index in [0.29, 0.717) is 19.4 Å². The van der Waals surface area contributed by atoms with Crippen molar-refractivity contribution in [2.75, 3.05) is 6.54 Å². The Morgan fingerprint density at radius 3 is 2.58 bits per heavy atom. The quantitative estimate of drug-likeness (QED) is 0.788. The van der Waals surface area contributed by atoms with Gasteiger partial charge < -0.3 is 10.1 Å². The lowest BCUT2D eigenvalue weighted by molar-refractivity contribution is -0.121. The third kappa shape index (κ3) is 6.74. The number of benzene rings is 1. The highest BCUT2D eigenvalue weighted by Gasteiger charge is 2.04. The predicted octanol–water partition coefficient (Wildman–Crippen LogP) is 3.14.